The van der Waals surface area contributed by atoms with Gasteiger partial charge in [-0.3, -0.25) is 4.79 Å². The Morgan fingerprint density at radius 1 is 1.16 bits per heavy atom. The van der Waals surface area contributed by atoms with Crippen LogP contribution in [0.15, 0.2) is 53.5 Å². The van der Waals surface area contributed by atoms with Crippen molar-refractivity contribution in [1.29, 1.82) is 0 Å². The molecule has 1 aliphatic rings. The molecule has 0 aliphatic carbocycles. The van der Waals surface area contributed by atoms with E-state index in [1.807, 2.05) is 36.4 Å². The molecular formula is C19H20ClN3O2. The van der Waals surface area contributed by atoms with E-state index < -0.39 is 0 Å². The Hall–Kier alpha value is -2.53. The van der Waals surface area contributed by atoms with E-state index in [1.54, 1.807) is 12.1 Å². The summed E-state index contributed by atoms with van der Waals surface area (Å²) in [6.45, 7) is 0.558. The molecule has 0 saturated heterocycles. The molecule has 2 aromatic rings. The van der Waals surface area contributed by atoms with Gasteiger partial charge in [-0.2, -0.15) is 0 Å². The fraction of sp³-hybridized carbons (Fsp3) is 0.263. The second-order valence-corrected chi connectivity index (χ2v) is 6.22. The Morgan fingerprint density at radius 2 is 1.84 bits per heavy atom. The highest BCUT2D eigenvalue weighted by Crippen LogP contribution is 2.16. The summed E-state index contributed by atoms with van der Waals surface area (Å²) in [5.41, 5.74) is 9.05. The number of amidine groups is 1. The zero-order valence-electron chi connectivity index (χ0n) is 13.7. The number of alkyl halides is 1. The summed E-state index contributed by atoms with van der Waals surface area (Å²) in [7, 11) is 0. The molecule has 130 valence electrons. The summed E-state index contributed by atoms with van der Waals surface area (Å²) in [5.74, 6) is 0.302. The molecule has 0 radical (unpaired) electrons. The van der Waals surface area contributed by atoms with Crippen LogP contribution in [0, 0.1) is 0 Å². The van der Waals surface area contributed by atoms with Crippen LogP contribution in [0.5, 0.6) is 0 Å². The van der Waals surface area contributed by atoms with Crippen LogP contribution in [0.1, 0.15) is 27.9 Å². The first-order valence-corrected chi connectivity index (χ1v) is 8.69. The van der Waals surface area contributed by atoms with E-state index in [0.717, 1.165) is 24.1 Å². The number of aliphatic imine (C=N–C) groups is 1. The summed E-state index contributed by atoms with van der Waals surface area (Å²) in [5, 5.41) is 2.90. The van der Waals surface area contributed by atoms with Crippen molar-refractivity contribution >= 4 is 29.2 Å². The number of rotatable bonds is 6. The van der Waals surface area contributed by atoms with E-state index in [4.69, 9.17) is 22.1 Å². The van der Waals surface area contributed by atoms with Gasteiger partial charge in [0.1, 0.15) is 6.61 Å². The smallest absolute Gasteiger partial charge is 0.282 e. The summed E-state index contributed by atoms with van der Waals surface area (Å²) in [6.07, 6.45) is 1.78. The van der Waals surface area contributed by atoms with Gasteiger partial charge in [-0.15, -0.1) is 11.6 Å². The average Bonchev–Trinajstić information content (AvgIpc) is 3.06. The molecule has 1 aliphatic heterocycles. The van der Waals surface area contributed by atoms with Gasteiger partial charge >= 0.3 is 0 Å². The predicted octanol–water partition coefficient (Wildman–Crippen LogP) is 3.32. The molecule has 5 nitrogen and oxygen atoms in total. The highest BCUT2D eigenvalue weighted by molar-refractivity contribution is 6.17. The normalized spacial score (nSPS) is 16.2. The zero-order valence-corrected chi connectivity index (χ0v) is 14.5. The molecule has 0 aromatic heterocycles. The number of hydrogen-bond donors (Lipinski definition) is 2. The highest BCUT2D eigenvalue weighted by Gasteiger charge is 2.16. The van der Waals surface area contributed by atoms with Gasteiger partial charge in [0, 0.05) is 17.1 Å². The minimum absolute atomic E-state index is 0.135. The molecular weight excluding hydrogens is 338 g/mol. The molecule has 1 heterocycles. The van der Waals surface area contributed by atoms with Crippen LogP contribution >= 0.6 is 11.6 Å². The number of benzene rings is 2. The van der Waals surface area contributed by atoms with Gasteiger partial charge in [-0.1, -0.05) is 24.3 Å². The molecule has 6 heteroatoms. The molecule has 0 spiro atoms. The Labute approximate surface area is 151 Å². The Balaban J connectivity index is 1.53. The maximum absolute atomic E-state index is 12.2. The number of hydrogen-bond acceptors (Lipinski definition) is 4. The van der Waals surface area contributed by atoms with Gasteiger partial charge < -0.3 is 15.8 Å². The lowest BCUT2D eigenvalue weighted by molar-refractivity contribution is 0.102. The quantitative estimate of drug-likeness (QED) is 0.778. The van der Waals surface area contributed by atoms with Crippen LogP contribution < -0.4 is 11.1 Å². The minimum Gasteiger partial charge on any atom is -0.463 e. The molecule has 3 N–H and O–H groups in total. The second kappa shape index (κ2) is 8.03. The fourth-order valence-corrected chi connectivity index (χ4v) is 2.80. The molecule has 1 amide bonds. The first-order chi connectivity index (χ1) is 12.1. The second-order valence-electron chi connectivity index (χ2n) is 5.95. The summed E-state index contributed by atoms with van der Waals surface area (Å²) in [4.78, 5) is 16.5. The topological polar surface area (TPSA) is 76.7 Å². The highest BCUT2D eigenvalue weighted by atomic mass is 35.5. The molecule has 3 rings (SSSR count). The van der Waals surface area contributed by atoms with Gasteiger partial charge in [0.2, 0.25) is 0 Å². The van der Waals surface area contributed by atoms with Crippen molar-refractivity contribution in [3.8, 4) is 0 Å². The number of anilines is 1. The number of carbonyl (C=O) groups excluding carboxylic acids is 1. The lowest BCUT2D eigenvalue weighted by atomic mass is 10.1. The molecule has 0 saturated carbocycles. The van der Waals surface area contributed by atoms with E-state index in [1.165, 1.54) is 5.56 Å². The number of halogens is 1. The number of ether oxygens (including phenoxy) is 1. The van der Waals surface area contributed by atoms with E-state index in [0.29, 0.717) is 18.1 Å². The maximum Gasteiger partial charge on any atom is 0.282 e. The first kappa shape index (κ1) is 17.3. The molecule has 25 heavy (non-hydrogen) atoms. The number of carbonyl (C=O) groups is 1. The van der Waals surface area contributed by atoms with Crippen LogP contribution in [0.3, 0.4) is 0 Å². The van der Waals surface area contributed by atoms with Crippen molar-refractivity contribution in [1.82, 2.24) is 0 Å². The SMILES string of the molecule is NC1=NC(CCc2ccc(NC(=O)c3ccc(CCl)cc3)cc2)CO1. The van der Waals surface area contributed by atoms with Crippen LogP contribution in [-0.4, -0.2) is 24.6 Å². The first-order valence-electron chi connectivity index (χ1n) is 8.15. The van der Waals surface area contributed by atoms with Crippen LogP contribution in [-0.2, 0) is 17.0 Å². The van der Waals surface area contributed by atoms with Crippen LogP contribution in [0.2, 0.25) is 0 Å². The summed E-state index contributed by atoms with van der Waals surface area (Å²) < 4.78 is 5.15. The van der Waals surface area contributed by atoms with E-state index >= 15 is 0 Å². The third-order valence-corrected chi connectivity index (χ3v) is 4.39. The van der Waals surface area contributed by atoms with Crippen molar-refractivity contribution in [2.45, 2.75) is 24.8 Å². The lowest BCUT2D eigenvalue weighted by Crippen LogP contribution is -2.12. The van der Waals surface area contributed by atoms with E-state index in [2.05, 4.69) is 10.3 Å². The zero-order chi connectivity index (χ0) is 17.6. The van der Waals surface area contributed by atoms with Crippen LogP contribution in [0.25, 0.3) is 0 Å². The molecule has 0 fully saturated rings. The Bertz CT molecular complexity index is 757. The molecule has 2 aromatic carbocycles. The minimum atomic E-state index is -0.137. The van der Waals surface area contributed by atoms with Gasteiger partial charge in [0.25, 0.3) is 11.9 Å². The van der Waals surface area contributed by atoms with Gasteiger partial charge in [0.15, 0.2) is 0 Å². The van der Waals surface area contributed by atoms with E-state index in [9.17, 15) is 4.79 Å². The number of amides is 1. The Kier molecular flexibility index (Phi) is 5.56. The molecule has 1 unspecified atom stereocenters. The van der Waals surface area contributed by atoms with Crippen molar-refractivity contribution in [3.63, 3.8) is 0 Å². The van der Waals surface area contributed by atoms with Gasteiger partial charge in [-0.25, -0.2) is 4.99 Å². The van der Waals surface area contributed by atoms with Gasteiger partial charge in [0.05, 0.1) is 6.04 Å². The van der Waals surface area contributed by atoms with Crippen molar-refractivity contribution in [2.24, 2.45) is 10.7 Å². The Morgan fingerprint density at radius 3 is 2.44 bits per heavy atom. The number of aryl methyl sites for hydroxylation is 1. The largest absolute Gasteiger partial charge is 0.463 e. The third kappa shape index (κ3) is 4.73. The lowest BCUT2D eigenvalue weighted by Gasteiger charge is -2.08. The van der Waals surface area contributed by atoms with Crippen molar-refractivity contribution < 1.29 is 9.53 Å². The third-order valence-electron chi connectivity index (χ3n) is 4.08. The summed E-state index contributed by atoms with van der Waals surface area (Å²) in [6, 6.07) is 15.5. The molecule has 1 atom stereocenters. The summed E-state index contributed by atoms with van der Waals surface area (Å²) >= 11 is 5.76. The fourth-order valence-electron chi connectivity index (χ4n) is 2.62. The van der Waals surface area contributed by atoms with Gasteiger partial charge in [-0.05, 0) is 48.2 Å². The predicted molar refractivity (Wildman–Crippen MR) is 100 cm³/mol. The monoisotopic (exact) mass is 357 g/mol. The standard InChI is InChI=1S/C19H20ClN3O2/c20-11-14-1-6-15(7-2-14)18(24)22-16-8-3-13(4-9-16)5-10-17-12-25-19(21)23-17/h1-4,6-9,17H,5,10-12H2,(H2,21,23)(H,22,24). The van der Waals surface area contributed by atoms with E-state index in [-0.39, 0.29) is 18.0 Å². The average molecular weight is 358 g/mol. The number of nitrogens with zero attached hydrogens (tertiary/aromatic N) is 1. The number of nitrogens with one attached hydrogen (secondary N) is 1. The number of nitrogens with two attached hydrogens (primary N) is 1. The van der Waals surface area contributed by atoms with Crippen LogP contribution in [0.4, 0.5) is 5.69 Å². The van der Waals surface area contributed by atoms with Crippen molar-refractivity contribution in [3.05, 3.63) is 65.2 Å². The maximum atomic E-state index is 12.2. The molecule has 0 bridgehead atoms. The van der Waals surface area contributed by atoms with Crippen molar-refractivity contribution in [2.75, 3.05) is 11.9 Å².